The molecule has 0 aliphatic heterocycles. The zero-order chi connectivity index (χ0) is 42.4. The van der Waals surface area contributed by atoms with E-state index in [1.807, 2.05) is 17.4 Å². The van der Waals surface area contributed by atoms with Crippen LogP contribution in [0.3, 0.4) is 0 Å². The minimum absolute atomic E-state index is 0.222. The van der Waals surface area contributed by atoms with Crippen LogP contribution in [0.4, 0.5) is 0 Å². The zero-order valence-electron chi connectivity index (χ0n) is 35.2. The van der Waals surface area contributed by atoms with E-state index in [9.17, 15) is 0 Å². The molecular formula is C61H42OS. The number of benzene rings is 8. The minimum atomic E-state index is -0.222. The minimum Gasteiger partial charge on any atom is -0.455 e. The van der Waals surface area contributed by atoms with Crippen molar-refractivity contribution >= 4 is 86.6 Å². The average molecular weight is 823 g/mol. The Morgan fingerprint density at radius 2 is 1.13 bits per heavy atom. The Morgan fingerprint density at radius 3 is 1.94 bits per heavy atom. The van der Waals surface area contributed by atoms with Gasteiger partial charge in [0.2, 0.25) is 0 Å². The fraction of sp³-hybridized carbons (Fsp3) is 0.0492. The molecule has 0 spiro atoms. The number of rotatable bonds is 5. The van der Waals surface area contributed by atoms with E-state index in [0.29, 0.717) is 0 Å². The molecule has 63 heavy (non-hydrogen) atoms. The second kappa shape index (κ2) is 14.3. The molecule has 1 aliphatic rings. The van der Waals surface area contributed by atoms with E-state index in [-0.39, 0.29) is 5.41 Å². The van der Waals surface area contributed by atoms with Crippen LogP contribution in [-0.2, 0) is 5.41 Å². The lowest BCUT2D eigenvalue weighted by molar-refractivity contribution is 0.661. The summed E-state index contributed by atoms with van der Waals surface area (Å²) in [5.74, 6) is 0. The van der Waals surface area contributed by atoms with Crippen molar-refractivity contribution in [3.63, 3.8) is 0 Å². The van der Waals surface area contributed by atoms with Gasteiger partial charge < -0.3 is 4.42 Å². The Kier molecular flexibility index (Phi) is 8.44. The normalized spacial score (nSPS) is 12.9. The largest absolute Gasteiger partial charge is 0.455 e. The van der Waals surface area contributed by atoms with Crippen molar-refractivity contribution in [2.45, 2.75) is 19.3 Å². The molecule has 2 heterocycles. The maximum Gasteiger partial charge on any atom is 0.144 e. The van der Waals surface area contributed by atoms with Gasteiger partial charge in [-0.2, -0.15) is 0 Å². The molecule has 9 aromatic carbocycles. The summed E-state index contributed by atoms with van der Waals surface area (Å²) in [4.78, 5) is 0. The highest BCUT2D eigenvalue weighted by Crippen LogP contribution is 2.51. The van der Waals surface area contributed by atoms with Crippen LogP contribution < -0.4 is 0 Å². The molecule has 1 nitrogen and oxygen atoms in total. The summed E-state index contributed by atoms with van der Waals surface area (Å²) in [6, 6.07) is 68.5. The van der Waals surface area contributed by atoms with E-state index in [1.165, 1.54) is 80.8 Å². The van der Waals surface area contributed by atoms with Gasteiger partial charge in [-0.3, -0.25) is 0 Å². The van der Waals surface area contributed by atoms with Gasteiger partial charge in [-0.15, -0.1) is 11.3 Å². The van der Waals surface area contributed by atoms with E-state index in [0.717, 1.165) is 49.6 Å². The van der Waals surface area contributed by atoms with Crippen molar-refractivity contribution in [2.75, 3.05) is 0 Å². The molecule has 0 amide bonds. The SMILES string of the molecule is C=Cc1ccccc1C(=C)c1ccccccc(-c2ccc3c(c2)C(C)(C)c2cc(-c4ccc5oc6c(ccc7ccc8c9ccccc9sc8c76)c5c4)ccc2-3)c2ccccc12. The van der Waals surface area contributed by atoms with Gasteiger partial charge in [0.05, 0.1) is 0 Å². The molecule has 0 N–H and O–H groups in total. The molecule has 0 saturated carbocycles. The third-order valence-corrected chi connectivity index (χ3v) is 14.7. The van der Waals surface area contributed by atoms with Crippen molar-refractivity contribution in [2.24, 2.45) is 0 Å². The number of hydrogen-bond donors (Lipinski definition) is 0. The van der Waals surface area contributed by atoms with Crippen molar-refractivity contribution < 1.29 is 4.42 Å². The summed E-state index contributed by atoms with van der Waals surface area (Å²) < 4.78 is 9.34. The predicted molar refractivity (Wildman–Crippen MR) is 272 cm³/mol. The van der Waals surface area contributed by atoms with E-state index in [2.05, 4.69) is 215 Å². The lowest BCUT2D eigenvalue weighted by Gasteiger charge is -2.23. The van der Waals surface area contributed by atoms with Crippen molar-refractivity contribution in [3.8, 4) is 33.4 Å². The number of hydrogen-bond acceptors (Lipinski definition) is 2. The first-order chi connectivity index (χ1) is 30.9. The van der Waals surface area contributed by atoms with Crippen LogP contribution in [0, 0.1) is 0 Å². The van der Waals surface area contributed by atoms with E-state index in [1.54, 1.807) is 0 Å². The first kappa shape index (κ1) is 37.3. The Balaban J connectivity index is 0.959. The Hall–Kier alpha value is -7.52. The molecule has 298 valence electrons. The monoisotopic (exact) mass is 822 g/mol. The first-order valence-electron chi connectivity index (χ1n) is 21.6. The van der Waals surface area contributed by atoms with Gasteiger partial charge >= 0.3 is 0 Å². The van der Waals surface area contributed by atoms with E-state index < -0.39 is 0 Å². The van der Waals surface area contributed by atoms with Crippen LogP contribution >= 0.6 is 11.3 Å². The van der Waals surface area contributed by atoms with Crippen LogP contribution in [0.1, 0.15) is 41.7 Å². The molecule has 1 aliphatic carbocycles. The van der Waals surface area contributed by atoms with E-state index >= 15 is 0 Å². The van der Waals surface area contributed by atoms with Crippen LogP contribution in [0.2, 0.25) is 0 Å². The molecule has 12 rings (SSSR count). The molecule has 0 unspecified atom stereocenters. The molecule has 11 aromatic rings. The van der Waals surface area contributed by atoms with Crippen LogP contribution in [-0.4, -0.2) is 0 Å². The fourth-order valence-electron chi connectivity index (χ4n) is 10.3. The summed E-state index contributed by atoms with van der Waals surface area (Å²) in [6.45, 7) is 13.5. The Labute approximate surface area is 370 Å². The van der Waals surface area contributed by atoms with Crippen molar-refractivity contribution in [1.29, 1.82) is 0 Å². The standard InChI is InChI=1S/C61H42OS/c1-5-38-16-10-11-17-43(38)37(2)44-18-8-6-7-9-19-45(47-21-13-12-20-46(44)47)42-27-30-49-48-29-26-41(35-54(48)61(3,4)55(49)36-42)40-28-33-56-53(34-40)51-31-24-39-25-32-52-50-22-14-15-23-57(50)63-60(52)58(39)59(51)62-56/h5-36H,1-2H2,3-4H3. The van der Waals surface area contributed by atoms with Crippen LogP contribution in [0.5, 0.6) is 0 Å². The number of thiophene rings is 1. The lowest BCUT2D eigenvalue weighted by Crippen LogP contribution is -2.15. The molecule has 0 fully saturated rings. The topological polar surface area (TPSA) is 13.1 Å². The molecule has 0 atom stereocenters. The predicted octanol–water partition coefficient (Wildman–Crippen LogP) is 17.7. The molecular weight excluding hydrogens is 781 g/mol. The fourth-order valence-corrected chi connectivity index (χ4v) is 11.5. The van der Waals surface area contributed by atoms with Gasteiger partial charge in [0.1, 0.15) is 11.2 Å². The van der Waals surface area contributed by atoms with Gasteiger partial charge in [-0.1, -0.05) is 185 Å². The van der Waals surface area contributed by atoms with Crippen LogP contribution in [0.15, 0.2) is 206 Å². The van der Waals surface area contributed by atoms with Crippen molar-refractivity contribution in [3.05, 3.63) is 229 Å². The van der Waals surface area contributed by atoms with Gasteiger partial charge in [0, 0.05) is 41.7 Å². The Bertz CT molecular complexity index is 3810. The second-order valence-corrected chi connectivity index (χ2v) is 18.3. The molecule has 0 radical (unpaired) electrons. The average Bonchev–Trinajstić information content (AvgIpc) is 3.97. The van der Waals surface area contributed by atoms with Crippen LogP contribution in [0.25, 0.3) is 109 Å². The van der Waals surface area contributed by atoms with Gasteiger partial charge in [-0.25, -0.2) is 0 Å². The third kappa shape index (κ3) is 5.75. The maximum absolute atomic E-state index is 6.75. The first-order valence-corrected chi connectivity index (χ1v) is 22.4. The smallest absolute Gasteiger partial charge is 0.144 e. The van der Waals surface area contributed by atoms with Crippen molar-refractivity contribution in [1.82, 2.24) is 0 Å². The highest BCUT2D eigenvalue weighted by molar-refractivity contribution is 7.26. The number of furan rings is 1. The van der Waals surface area contributed by atoms with E-state index in [4.69, 9.17) is 4.42 Å². The molecule has 2 heteroatoms. The number of fused-ring (bicyclic) bond motifs is 13. The summed E-state index contributed by atoms with van der Waals surface area (Å²) >= 11 is 1.86. The highest BCUT2D eigenvalue weighted by Gasteiger charge is 2.36. The van der Waals surface area contributed by atoms with Gasteiger partial charge in [0.15, 0.2) is 0 Å². The summed E-state index contributed by atoms with van der Waals surface area (Å²) in [6.07, 6.45) is 1.91. The van der Waals surface area contributed by atoms with Gasteiger partial charge in [-0.05, 0) is 119 Å². The maximum atomic E-state index is 6.75. The summed E-state index contributed by atoms with van der Waals surface area (Å²) in [5, 5.41) is 9.61. The molecule has 2 aromatic heterocycles. The Morgan fingerprint density at radius 1 is 0.508 bits per heavy atom. The highest BCUT2D eigenvalue weighted by atomic mass is 32.1. The summed E-state index contributed by atoms with van der Waals surface area (Å²) in [5.41, 5.74) is 15.9. The second-order valence-electron chi connectivity index (χ2n) is 17.3. The quantitative estimate of drug-likeness (QED) is 0.169. The summed E-state index contributed by atoms with van der Waals surface area (Å²) in [7, 11) is 0. The lowest BCUT2D eigenvalue weighted by atomic mass is 9.80. The van der Waals surface area contributed by atoms with Gasteiger partial charge in [0.25, 0.3) is 0 Å². The molecule has 0 bridgehead atoms. The molecule has 0 saturated heterocycles. The third-order valence-electron chi connectivity index (χ3n) is 13.5. The zero-order valence-corrected chi connectivity index (χ0v) is 36.0.